The summed E-state index contributed by atoms with van der Waals surface area (Å²) in [6.45, 7) is 3.24. The third-order valence-corrected chi connectivity index (χ3v) is 6.17. The number of aryl methyl sites for hydroxylation is 2. The van der Waals surface area contributed by atoms with E-state index in [1.54, 1.807) is 24.5 Å². The molecule has 0 radical (unpaired) electrons. The Kier molecular flexibility index (Phi) is 4.05. The summed E-state index contributed by atoms with van der Waals surface area (Å²) in [4.78, 5) is 8.90. The molecule has 2 aromatic heterocycles. The molecule has 0 aliphatic carbocycles. The van der Waals surface area contributed by atoms with Crippen molar-refractivity contribution in [1.82, 2.24) is 19.3 Å². The van der Waals surface area contributed by atoms with Crippen LogP contribution >= 0.6 is 0 Å². The average molecular weight is 356 g/mol. The van der Waals surface area contributed by atoms with Gasteiger partial charge in [-0.2, -0.15) is 0 Å². The van der Waals surface area contributed by atoms with Crippen LogP contribution in [0.4, 0.5) is 0 Å². The van der Waals surface area contributed by atoms with Gasteiger partial charge in [0.25, 0.3) is 0 Å². The molecule has 0 saturated carbocycles. The van der Waals surface area contributed by atoms with E-state index in [9.17, 15) is 8.42 Å². The molecule has 1 aliphatic rings. The Hall–Kier alpha value is -2.25. The van der Waals surface area contributed by atoms with Gasteiger partial charge in [-0.15, -0.1) is 0 Å². The number of para-hydroxylation sites is 1. The number of rotatable bonds is 4. The van der Waals surface area contributed by atoms with Crippen LogP contribution in [-0.4, -0.2) is 29.5 Å². The number of benzene rings is 1. The Bertz CT molecular complexity index is 1030. The molecule has 1 aromatic carbocycles. The summed E-state index contributed by atoms with van der Waals surface area (Å²) in [5.74, 6) is 1.28. The normalized spacial score (nSPS) is 17.6. The maximum atomic E-state index is 12.8. The minimum atomic E-state index is -3.60. The molecule has 3 heterocycles. The van der Waals surface area contributed by atoms with Crippen LogP contribution in [0.15, 0.2) is 47.8 Å². The van der Waals surface area contributed by atoms with Gasteiger partial charge in [0.15, 0.2) is 0 Å². The zero-order valence-corrected chi connectivity index (χ0v) is 14.8. The van der Waals surface area contributed by atoms with E-state index < -0.39 is 10.0 Å². The number of fused-ring (bicyclic) bond motifs is 2. The van der Waals surface area contributed by atoms with Gasteiger partial charge in [-0.25, -0.2) is 18.1 Å². The highest BCUT2D eigenvalue weighted by molar-refractivity contribution is 7.89. The lowest BCUT2D eigenvalue weighted by Crippen LogP contribution is -2.33. The van der Waals surface area contributed by atoms with Crippen molar-refractivity contribution in [3.05, 3.63) is 54.2 Å². The van der Waals surface area contributed by atoms with Crippen LogP contribution in [0.1, 0.15) is 17.8 Å². The minimum Gasteiger partial charge on any atom is -0.335 e. The van der Waals surface area contributed by atoms with E-state index in [-0.39, 0.29) is 10.8 Å². The highest BCUT2D eigenvalue weighted by Gasteiger charge is 2.23. The Balaban J connectivity index is 1.55. The van der Waals surface area contributed by atoms with E-state index in [2.05, 4.69) is 19.3 Å². The van der Waals surface area contributed by atoms with Crippen LogP contribution in [0.3, 0.4) is 0 Å². The van der Waals surface area contributed by atoms with E-state index in [0.717, 1.165) is 36.2 Å². The highest BCUT2D eigenvalue weighted by Crippen LogP contribution is 2.23. The molecule has 1 N–H and O–H groups in total. The van der Waals surface area contributed by atoms with Gasteiger partial charge < -0.3 is 4.57 Å². The topological polar surface area (TPSA) is 76.9 Å². The number of imidazole rings is 1. The molecule has 0 unspecified atom stereocenters. The lowest BCUT2D eigenvalue weighted by Gasteiger charge is -2.23. The second-order valence-corrected chi connectivity index (χ2v) is 8.32. The first-order chi connectivity index (χ1) is 12.0. The number of sulfonamides is 1. The third-order valence-electron chi connectivity index (χ3n) is 4.71. The standard InChI is InChI=1S/C18H20N4O2S/c1-13-9-15-3-2-4-16(18(15)20-11-13)25(23,24)21-12-14-5-7-22-8-6-19-17(22)10-14/h2-4,6,8-9,11,14,21H,5,7,10,12H2,1H3/t14-/m0/s1. The quantitative estimate of drug-likeness (QED) is 0.778. The molecule has 4 rings (SSSR count). The number of pyridine rings is 1. The molecule has 7 heteroatoms. The summed E-state index contributed by atoms with van der Waals surface area (Å²) in [6, 6.07) is 7.20. The molecular weight excluding hydrogens is 336 g/mol. The SMILES string of the molecule is Cc1cnc2c(S(=O)(=O)NC[C@H]3CCn4ccnc4C3)cccc2c1. The Morgan fingerprint density at radius 2 is 2.20 bits per heavy atom. The molecule has 0 saturated heterocycles. The zero-order chi connectivity index (χ0) is 17.4. The second-order valence-electron chi connectivity index (χ2n) is 6.59. The van der Waals surface area contributed by atoms with Gasteiger partial charge in [0.2, 0.25) is 10.0 Å². The van der Waals surface area contributed by atoms with Crippen LogP contribution in [0.25, 0.3) is 10.9 Å². The van der Waals surface area contributed by atoms with Crippen molar-refractivity contribution >= 4 is 20.9 Å². The van der Waals surface area contributed by atoms with Crippen molar-refractivity contribution in [2.45, 2.75) is 31.2 Å². The largest absolute Gasteiger partial charge is 0.335 e. The van der Waals surface area contributed by atoms with Gasteiger partial charge in [-0.05, 0) is 37.0 Å². The summed E-state index contributed by atoms with van der Waals surface area (Å²) in [5.41, 5.74) is 1.52. The zero-order valence-electron chi connectivity index (χ0n) is 14.0. The Morgan fingerprint density at radius 3 is 3.08 bits per heavy atom. The predicted octanol–water partition coefficient (Wildman–Crippen LogP) is 2.28. The van der Waals surface area contributed by atoms with E-state index in [0.29, 0.717) is 12.1 Å². The van der Waals surface area contributed by atoms with E-state index in [4.69, 9.17) is 0 Å². The van der Waals surface area contributed by atoms with Crippen LogP contribution in [0, 0.1) is 12.8 Å². The molecule has 6 nitrogen and oxygen atoms in total. The molecule has 0 spiro atoms. The summed E-state index contributed by atoms with van der Waals surface area (Å²) in [7, 11) is -3.60. The lowest BCUT2D eigenvalue weighted by atomic mass is 9.98. The van der Waals surface area contributed by atoms with Gasteiger partial charge in [0.1, 0.15) is 10.7 Å². The van der Waals surface area contributed by atoms with E-state index in [1.165, 1.54) is 0 Å². The van der Waals surface area contributed by atoms with Gasteiger partial charge in [0.05, 0.1) is 5.52 Å². The fourth-order valence-corrected chi connectivity index (χ4v) is 4.65. The van der Waals surface area contributed by atoms with Gasteiger partial charge in [-0.1, -0.05) is 12.1 Å². The average Bonchev–Trinajstić information content (AvgIpc) is 3.07. The number of nitrogens with one attached hydrogen (secondary N) is 1. The first-order valence-corrected chi connectivity index (χ1v) is 9.86. The summed E-state index contributed by atoms with van der Waals surface area (Å²) in [6.07, 6.45) is 7.20. The van der Waals surface area contributed by atoms with Gasteiger partial charge >= 0.3 is 0 Å². The monoisotopic (exact) mass is 356 g/mol. The number of hydrogen-bond donors (Lipinski definition) is 1. The van der Waals surface area contributed by atoms with Crippen molar-refractivity contribution in [1.29, 1.82) is 0 Å². The maximum absolute atomic E-state index is 12.8. The van der Waals surface area contributed by atoms with Crippen molar-refractivity contribution in [3.8, 4) is 0 Å². The van der Waals surface area contributed by atoms with Gasteiger partial charge in [0, 0.05) is 43.5 Å². The van der Waals surface area contributed by atoms with E-state index >= 15 is 0 Å². The van der Waals surface area contributed by atoms with Crippen molar-refractivity contribution < 1.29 is 8.42 Å². The molecule has 25 heavy (non-hydrogen) atoms. The van der Waals surface area contributed by atoms with Crippen molar-refractivity contribution in [3.63, 3.8) is 0 Å². The molecule has 1 aliphatic heterocycles. The van der Waals surface area contributed by atoms with Crippen molar-refractivity contribution in [2.75, 3.05) is 6.54 Å². The molecule has 3 aromatic rings. The van der Waals surface area contributed by atoms with E-state index in [1.807, 2.05) is 25.3 Å². The first kappa shape index (κ1) is 16.2. The molecule has 1 atom stereocenters. The number of hydrogen-bond acceptors (Lipinski definition) is 4. The number of aromatic nitrogens is 3. The molecule has 0 bridgehead atoms. The minimum absolute atomic E-state index is 0.238. The molecular formula is C18H20N4O2S. The van der Waals surface area contributed by atoms with Crippen LogP contribution in [-0.2, 0) is 23.0 Å². The Labute approximate surface area is 147 Å². The number of nitrogens with zero attached hydrogens (tertiary/aromatic N) is 3. The summed E-state index contributed by atoms with van der Waals surface area (Å²) in [5, 5.41) is 0.836. The third kappa shape index (κ3) is 3.17. The fraction of sp³-hybridized carbons (Fsp3) is 0.333. The maximum Gasteiger partial charge on any atom is 0.242 e. The molecule has 0 fully saturated rings. The molecule has 0 amide bonds. The second kappa shape index (κ2) is 6.24. The van der Waals surface area contributed by atoms with Crippen LogP contribution in [0.2, 0.25) is 0 Å². The predicted molar refractivity (Wildman–Crippen MR) is 95.7 cm³/mol. The summed E-state index contributed by atoms with van der Waals surface area (Å²) >= 11 is 0. The van der Waals surface area contributed by atoms with Gasteiger partial charge in [-0.3, -0.25) is 4.98 Å². The van der Waals surface area contributed by atoms with Crippen LogP contribution < -0.4 is 4.72 Å². The highest BCUT2D eigenvalue weighted by atomic mass is 32.2. The smallest absolute Gasteiger partial charge is 0.242 e. The Morgan fingerprint density at radius 1 is 1.32 bits per heavy atom. The summed E-state index contributed by atoms with van der Waals surface area (Å²) < 4.78 is 30.5. The fourth-order valence-electron chi connectivity index (χ4n) is 3.35. The first-order valence-electron chi connectivity index (χ1n) is 8.38. The molecule has 130 valence electrons. The van der Waals surface area contributed by atoms with Crippen LogP contribution in [0.5, 0.6) is 0 Å². The lowest BCUT2D eigenvalue weighted by molar-refractivity contribution is 0.379. The van der Waals surface area contributed by atoms with Crippen molar-refractivity contribution in [2.24, 2.45) is 5.92 Å².